The topological polar surface area (TPSA) is 78.7 Å². The molecule has 2 rings (SSSR count). The zero-order valence-corrected chi connectivity index (χ0v) is 15.3. The van der Waals surface area contributed by atoms with Gasteiger partial charge in [-0.1, -0.05) is 30.6 Å². The van der Waals surface area contributed by atoms with Crippen molar-refractivity contribution in [2.45, 2.75) is 32.7 Å². The van der Waals surface area contributed by atoms with Crippen LogP contribution in [0.4, 0.5) is 4.79 Å². The van der Waals surface area contributed by atoms with Crippen molar-refractivity contribution >= 4 is 23.5 Å². The van der Waals surface area contributed by atoms with E-state index < -0.39 is 0 Å². The second kappa shape index (κ2) is 7.88. The number of halogens is 1. The fourth-order valence-electron chi connectivity index (χ4n) is 2.94. The monoisotopic (exact) mass is 356 g/mol. The van der Waals surface area contributed by atoms with Gasteiger partial charge in [0.25, 0.3) is 0 Å². The highest BCUT2D eigenvalue weighted by Gasteiger charge is 2.37. The predicted molar refractivity (Wildman–Crippen MR) is 90.7 cm³/mol. The van der Waals surface area contributed by atoms with Gasteiger partial charge < -0.3 is 19.6 Å². The van der Waals surface area contributed by atoms with E-state index in [-0.39, 0.29) is 23.9 Å². The smallest absolute Gasteiger partial charge is 0.317 e. The van der Waals surface area contributed by atoms with Crippen molar-refractivity contribution in [1.29, 1.82) is 0 Å². The molecule has 0 spiro atoms. The molecule has 0 aliphatic carbocycles. The van der Waals surface area contributed by atoms with Crippen LogP contribution in [-0.2, 0) is 11.2 Å². The third-order valence-corrected chi connectivity index (χ3v) is 4.58. The average molecular weight is 357 g/mol. The van der Waals surface area contributed by atoms with Gasteiger partial charge in [-0.15, -0.1) is 0 Å². The number of aryl methyl sites for hydroxylation is 1. The highest BCUT2D eigenvalue weighted by Crippen LogP contribution is 2.25. The molecule has 0 saturated carbocycles. The Hall–Kier alpha value is -1.76. The van der Waals surface area contributed by atoms with Crippen LogP contribution >= 0.6 is 11.6 Å². The molecule has 2 atom stereocenters. The number of nitrogens with zero attached hydrogens (tertiary/aromatic N) is 3. The first-order chi connectivity index (χ1) is 11.3. The Morgan fingerprint density at radius 2 is 2.17 bits per heavy atom. The summed E-state index contributed by atoms with van der Waals surface area (Å²) in [4.78, 5) is 27.7. The fourth-order valence-corrected chi connectivity index (χ4v) is 3.10. The molecule has 1 aliphatic rings. The molecule has 1 fully saturated rings. The van der Waals surface area contributed by atoms with E-state index in [2.05, 4.69) is 24.3 Å². The minimum atomic E-state index is -0.128. The van der Waals surface area contributed by atoms with Crippen LogP contribution in [0.3, 0.4) is 0 Å². The van der Waals surface area contributed by atoms with Crippen LogP contribution in [-0.4, -0.2) is 60.1 Å². The van der Waals surface area contributed by atoms with Crippen LogP contribution in [0.1, 0.15) is 26.0 Å². The first-order valence-electron chi connectivity index (χ1n) is 8.14. The van der Waals surface area contributed by atoms with Gasteiger partial charge in [0, 0.05) is 52.0 Å². The fraction of sp³-hybridized carbons (Fsp3) is 0.688. The van der Waals surface area contributed by atoms with E-state index in [9.17, 15) is 9.59 Å². The molecule has 3 amide bonds. The standard InChI is InChI=1S/C16H25ClN4O3/c1-10(2)12-8-21(9-13(12)18-16(23)20(3)4)15(22)6-5-11-7-14(17)19-24-11/h7,10,12-13H,5-6,8-9H2,1-4H3,(H,18,23)/t12-,13+/m0/s1. The van der Waals surface area contributed by atoms with Crippen LogP contribution in [0.25, 0.3) is 0 Å². The highest BCUT2D eigenvalue weighted by atomic mass is 35.5. The Labute approximate surface area is 147 Å². The van der Waals surface area contributed by atoms with E-state index in [0.29, 0.717) is 42.8 Å². The van der Waals surface area contributed by atoms with E-state index in [4.69, 9.17) is 16.1 Å². The molecule has 1 saturated heterocycles. The zero-order valence-electron chi connectivity index (χ0n) is 14.6. The lowest BCUT2D eigenvalue weighted by atomic mass is 9.91. The first kappa shape index (κ1) is 18.6. The quantitative estimate of drug-likeness (QED) is 0.875. The Kier molecular flexibility index (Phi) is 6.10. The number of carbonyl (C=O) groups is 2. The molecule has 24 heavy (non-hydrogen) atoms. The van der Waals surface area contributed by atoms with E-state index in [1.165, 1.54) is 4.90 Å². The van der Waals surface area contributed by atoms with Gasteiger partial charge >= 0.3 is 6.03 Å². The van der Waals surface area contributed by atoms with Crippen molar-refractivity contribution < 1.29 is 14.1 Å². The summed E-state index contributed by atoms with van der Waals surface area (Å²) >= 11 is 5.71. The molecule has 1 aromatic rings. The zero-order chi connectivity index (χ0) is 17.9. The second-order valence-electron chi connectivity index (χ2n) is 6.77. The molecule has 0 unspecified atom stereocenters. The number of amides is 3. The van der Waals surface area contributed by atoms with Gasteiger partial charge in [0.15, 0.2) is 5.15 Å². The first-order valence-corrected chi connectivity index (χ1v) is 8.52. The number of hydrogen-bond acceptors (Lipinski definition) is 4. The maximum atomic E-state index is 12.5. The van der Waals surface area contributed by atoms with Crippen molar-refractivity contribution in [3.63, 3.8) is 0 Å². The molecule has 2 heterocycles. The normalized spacial score (nSPS) is 20.5. The summed E-state index contributed by atoms with van der Waals surface area (Å²) in [6, 6.07) is 1.47. The van der Waals surface area contributed by atoms with Crippen molar-refractivity contribution in [2.75, 3.05) is 27.2 Å². The van der Waals surface area contributed by atoms with Crippen LogP contribution in [0.15, 0.2) is 10.6 Å². The third kappa shape index (κ3) is 4.63. The number of hydrogen-bond donors (Lipinski definition) is 1. The minimum absolute atomic E-state index is 0.0245. The second-order valence-corrected chi connectivity index (χ2v) is 7.16. The predicted octanol–water partition coefficient (Wildman–Crippen LogP) is 2.01. The van der Waals surface area contributed by atoms with Crippen LogP contribution in [0.2, 0.25) is 5.15 Å². The van der Waals surface area contributed by atoms with Crippen LogP contribution in [0.5, 0.6) is 0 Å². The molecule has 7 nitrogen and oxygen atoms in total. The van der Waals surface area contributed by atoms with Crippen LogP contribution in [0, 0.1) is 11.8 Å². The number of urea groups is 1. The van der Waals surface area contributed by atoms with Gasteiger partial charge in [0.1, 0.15) is 5.76 Å². The van der Waals surface area contributed by atoms with Gasteiger partial charge in [-0.25, -0.2) is 4.79 Å². The van der Waals surface area contributed by atoms with Gasteiger partial charge in [0.2, 0.25) is 5.91 Å². The Bertz CT molecular complexity index is 588. The van der Waals surface area contributed by atoms with Gasteiger partial charge in [-0.2, -0.15) is 0 Å². The lowest BCUT2D eigenvalue weighted by molar-refractivity contribution is -0.130. The number of likely N-dealkylation sites (tertiary alicyclic amines) is 1. The maximum absolute atomic E-state index is 12.5. The van der Waals surface area contributed by atoms with E-state index >= 15 is 0 Å². The molecule has 1 N–H and O–H groups in total. The molecule has 134 valence electrons. The number of rotatable bonds is 5. The number of aromatic nitrogens is 1. The van der Waals surface area contributed by atoms with Crippen molar-refractivity contribution in [1.82, 2.24) is 20.3 Å². The van der Waals surface area contributed by atoms with E-state index in [1.807, 2.05) is 4.90 Å². The van der Waals surface area contributed by atoms with Crippen molar-refractivity contribution in [2.24, 2.45) is 11.8 Å². The lowest BCUT2D eigenvalue weighted by Crippen LogP contribution is -2.46. The van der Waals surface area contributed by atoms with Gasteiger partial charge in [-0.05, 0) is 5.92 Å². The summed E-state index contributed by atoms with van der Waals surface area (Å²) < 4.78 is 5.02. The summed E-state index contributed by atoms with van der Waals surface area (Å²) in [6.07, 6.45) is 0.806. The SMILES string of the molecule is CC(C)[C@@H]1CN(C(=O)CCc2cc(Cl)no2)C[C@H]1NC(=O)N(C)C. The Morgan fingerprint density at radius 1 is 1.46 bits per heavy atom. The van der Waals surface area contributed by atoms with E-state index in [0.717, 1.165) is 0 Å². The molecule has 0 radical (unpaired) electrons. The molecule has 8 heteroatoms. The van der Waals surface area contributed by atoms with Crippen LogP contribution < -0.4 is 5.32 Å². The van der Waals surface area contributed by atoms with Gasteiger partial charge in [-0.3, -0.25) is 4.79 Å². The molecular weight excluding hydrogens is 332 g/mol. The Balaban J connectivity index is 1.93. The third-order valence-electron chi connectivity index (χ3n) is 4.40. The van der Waals surface area contributed by atoms with E-state index in [1.54, 1.807) is 20.2 Å². The summed E-state index contributed by atoms with van der Waals surface area (Å²) in [5.41, 5.74) is 0. The molecule has 1 aliphatic heterocycles. The Morgan fingerprint density at radius 3 is 2.71 bits per heavy atom. The minimum Gasteiger partial charge on any atom is -0.360 e. The summed E-state index contributed by atoms with van der Waals surface area (Å²) in [5.74, 6) is 1.28. The average Bonchev–Trinajstić information content (AvgIpc) is 3.11. The maximum Gasteiger partial charge on any atom is 0.317 e. The summed E-state index contributed by atoms with van der Waals surface area (Å²) in [6.45, 7) is 5.43. The lowest BCUT2D eigenvalue weighted by Gasteiger charge is -2.24. The van der Waals surface area contributed by atoms with Crippen molar-refractivity contribution in [3.05, 3.63) is 17.0 Å². The van der Waals surface area contributed by atoms with Crippen molar-refractivity contribution in [3.8, 4) is 0 Å². The number of nitrogens with one attached hydrogen (secondary N) is 1. The molecular formula is C16H25ClN4O3. The molecule has 1 aromatic heterocycles. The summed E-state index contributed by atoms with van der Waals surface area (Å²) in [5, 5.41) is 6.92. The highest BCUT2D eigenvalue weighted by molar-refractivity contribution is 6.29. The van der Waals surface area contributed by atoms with Gasteiger partial charge in [0.05, 0.1) is 6.04 Å². The summed E-state index contributed by atoms with van der Waals surface area (Å²) in [7, 11) is 3.42. The largest absolute Gasteiger partial charge is 0.360 e. The number of carbonyl (C=O) groups excluding carboxylic acids is 2. The molecule has 0 bridgehead atoms. The molecule has 0 aromatic carbocycles.